The minimum absolute atomic E-state index is 0.747. The summed E-state index contributed by atoms with van der Waals surface area (Å²) < 4.78 is 0. The van der Waals surface area contributed by atoms with Crippen LogP contribution in [0.3, 0.4) is 0 Å². The summed E-state index contributed by atoms with van der Waals surface area (Å²) in [6.45, 7) is 2.89. The van der Waals surface area contributed by atoms with Crippen molar-refractivity contribution in [2.45, 2.75) is 32.6 Å². The normalized spacial score (nSPS) is 9.47. The maximum atomic E-state index is 5.51. The molecule has 0 heterocycles. The summed E-state index contributed by atoms with van der Waals surface area (Å²) in [4.78, 5) is 0. The molecule has 15 heavy (non-hydrogen) atoms. The van der Waals surface area contributed by atoms with Crippen LogP contribution < -0.4 is 5.73 Å². The fourth-order valence-corrected chi connectivity index (χ4v) is 1.44. The Labute approximate surface area is 92.7 Å². The van der Waals surface area contributed by atoms with Crippen LogP contribution in [0.1, 0.15) is 37.3 Å². The molecule has 2 N–H and O–H groups in total. The summed E-state index contributed by atoms with van der Waals surface area (Å²) in [6, 6.07) is 8.35. The van der Waals surface area contributed by atoms with Gasteiger partial charge in [0.05, 0.1) is 0 Å². The fourth-order valence-electron chi connectivity index (χ4n) is 1.44. The van der Waals surface area contributed by atoms with Crippen LogP contribution in [0.2, 0.25) is 0 Å². The number of benzene rings is 1. The van der Waals surface area contributed by atoms with Crippen LogP contribution in [0.4, 0.5) is 0 Å². The van der Waals surface area contributed by atoms with E-state index in [1.54, 1.807) is 0 Å². The summed E-state index contributed by atoms with van der Waals surface area (Å²) in [5.41, 5.74) is 8.00. The molecule has 0 aliphatic heterocycles. The first-order valence-electron chi connectivity index (χ1n) is 5.65. The fraction of sp³-hybridized carbons (Fsp3) is 0.429. The van der Waals surface area contributed by atoms with Gasteiger partial charge >= 0.3 is 0 Å². The van der Waals surface area contributed by atoms with Crippen molar-refractivity contribution >= 4 is 0 Å². The van der Waals surface area contributed by atoms with Gasteiger partial charge in [0.15, 0.2) is 0 Å². The molecule has 1 nitrogen and oxygen atoms in total. The van der Waals surface area contributed by atoms with Gasteiger partial charge in [0, 0.05) is 12.0 Å². The molecule has 0 bridgehead atoms. The molecule has 0 aliphatic rings. The molecular formula is C14H19N. The topological polar surface area (TPSA) is 26.0 Å². The van der Waals surface area contributed by atoms with E-state index in [-0.39, 0.29) is 0 Å². The Morgan fingerprint density at radius 2 is 2.07 bits per heavy atom. The molecule has 0 radical (unpaired) electrons. The van der Waals surface area contributed by atoms with E-state index >= 15 is 0 Å². The summed E-state index contributed by atoms with van der Waals surface area (Å²) in [5, 5.41) is 0. The van der Waals surface area contributed by atoms with E-state index in [1.165, 1.54) is 11.1 Å². The number of hydrogen-bond donors (Lipinski definition) is 1. The largest absolute Gasteiger partial charge is 0.330 e. The Kier molecular flexibility index (Phi) is 5.58. The van der Waals surface area contributed by atoms with Crippen molar-refractivity contribution in [3.05, 3.63) is 35.4 Å². The highest BCUT2D eigenvalue weighted by atomic mass is 14.5. The van der Waals surface area contributed by atoms with E-state index in [2.05, 4.69) is 37.0 Å². The van der Waals surface area contributed by atoms with Crippen LogP contribution >= 0.6 is 0 Å². The first-order valence-corrected chi connectivity index (χ1v) is 5.65. The smallest absolute Gasteiger partial charge is 0.0277 e. The SMILES string of the molecule is CCCC#Cc1ccccc1CCCN. The van der Waals surface area contributed by atoms with E-state index < -0.39 is 0 Å². The molecule has 0 saturated heterocycles. The molecule has 0 atom stereocenters. The Morgan fingerprint density at radius 1 is 1.27 bits per heavy atom. The molecule has 0 saturated carbocycles. The number of aryl methyl sites for hydroxylation is 1. The van der Waals surface area contributed by atoms with Crippen molar-refractivity contribution < 1.29 is 0 Å². The molecule has 0 amide bonds. The zero-order valence-corrected chi connectivity index (χ0v) is 9.42. The number of nitrogens with two attached hydrogens (primary N) is 1. The minimum atomic E-state index is 0.747. The highest BCUT2D eigenvalue weighted by Crippen LogP contribution is 2.09. The Bertz CT molecular complexity index is 344. The van der Waals surface area contributed by atoms with E-state index in [1.807, 2.05) is 6.07 Å². The Morgan fingerprint density at radius 3 is 2.80 bits per heavy atom. The van der Waals surface area contributed by atoms with E-state index in [9.17, 15) is 0 Å². The third-order valence-electron chi connectivity index (χ3n) is 2.27. The minimum Gasteiger partial charge on any atom is -0.330 e. The van der Waals surface area contributed by atoms with E-state index in [0.717, 1.165) is 32.2 Å². The Balaban J connectivity index is 2.73. The van der Waals surface area contributed by atoms with Crippen LogP contribution in [0.25, 0.3) is 0 Å². The lowest BCUT2D eigenvalue weighted by Crippen LogP contribution is -2.01. The molecule has 0 spiro atoms. The lowest BCUT2D eigenvalue weighted by atomic mass is 10.0. The zero-order chi connectivity index (χ0) is 10.9. The van der Waals surface area contributed by atoms with Crippen molar-refractivity contribution in [3.63, 3.8) is 0 Å². The molecule has 0 fully saturated rings. The highest BCUT2D eigenvalue weighted by molar-refractivity contribution is 5.41. The lowest BCUT2D eigenvalue weighted by Gasteiger charge is -2.02. The molecule has 0 aromatic heterocycles. The van der Waals surface area contributed by atoms with Crippen LogP contribution in [0.5, 0.6) is 0 Å². The van der Waals surface area contributed by atoms with Crippen molar-refractivity contribution in [2.24, 2.45) is 5.73 Å². The number of hydrogen-bond acceptors (Lipinski definition) is 1. The first kappa shape index (κ1) is 11.8. The summed E-state index contributed by atoms with van der Waals surface area (Å²) in [6.07, 6.45) is 4.17. The molecule has 80 valence electrons. The maximum Gasteiger partial charge on any atom is 0.0277 e. The van der Waals surface area contributed by atoms with Gasteiger partial charge in [0.25, 0.3) is 0 Å². The number of rotatable bonds is 4. The van der Waals surface area contributed by atoms with Crippen LogP contribution in [0, 0.1) is 11.8 Å². The summed E-state index contributed by atoms with van der Waals surface area (Å²) >= 11 is 0. The molecule has 0 aliphatic carbocycles. The van der Waals surface area contributed by atoms with Gasteiger partial charge in [-0.3, -0.25) is 0 Å². The van der Waals surface area contributed by atoms with Gasteiger partial charge in [0.2, 0.25) is 0 Å². The van der Waals surface area contributed by atoms with Gasteiger partial charge in [0.1, 0.15) is 0 Å². The first-order chi connectivity index (χ1) is 7.38. The molecule has 1 aromatic rings. The van der Waals surface area contributed by atoms with Crippen molar-refractivity contribution in [2.75, 3.05) is 6.54 Å². The second-order valence-electron chi connectivity index (χ2n) is 3.60. The van der Waals surface area contributed by atoms with Gasteiger partial charge in [-0.05, 0) is 37.4 Å². The maximum absolute atomic E-state index is 5.51. The van der Waals surface area contributed by atoms with Crippen LogP contribution in [-0.4, -0.2) is 6.54 Å². The molecule has 1 heteroatoms. The average molecular weight is 201 g/mol. The quantitative estimate of drug-likeness (QED) is 0.745. The summed E-state index contributed by atoms with van der Waals surface area (Å²) in [7, 11) is 0. The summed E-state index contributed by atoms with van der Waals surface area (Å²) in [5.74, 6) is 6.42. The van der Waals surface area contributed by atoms with E-state index in [0.29, 0.717) is 0 Å². The van der Waals surface area contributed by atoms with E-state index in [4.69, 9.17) is 5.73 Å². The molecular weight excluding hydrogens is 182 g/mol. The molecule has 0 unspecified atom stereocenters. The third-order valence-corrected chi connectivity index (χ3v) is 2.27. The molecule has 1 aromatic carbocycles. The van der Waals surface area contributed by atoms with Gasteiger partial charge in [-0.1, -0.05) is 37.0 Å². The Hall–Kier alpha value is -1.26. The van der Waals surface area contributed by atoms with Crippen LogP contribution in [0.15, 0.2) is 24.3 Å². The van der Waals surface area contributed by atoms with Gasteiger partial charge in [-0.15, -0.1) is 0 Å². The predicted molar refractivity (Wildman–Crippen MR) is 65.6 cm³/mol. The van der Waals surface area contributed by atoms with Crippen LogP contribution in [-0.2, 0) is 6.42 Å². The predicted octanol–water partition coefficient (Wildman–Crippen LogP) is 2.73. The van der Waals surface area contributed by atoms with Gasteiger partial charge < -0.3 is 5.73 Å². The standard InChI is InChI=1S/C14H19N/c1-2-3-4-8-13-9-5-6-10-14(13)11-7-12-15/h5-6,9-10H,2-3,7,11-12,15H2,1H3. The van der Waals surface area contributed by atoms with Gasteiger partial charge in [-0.25, -0.2) is 0 Å². The third kappa shape index (κ3) is 4.18. The zero-order valence-electron chi connectivity index (χ0n) is 9.42. The second-order valence-corrected chi connectivity index (χ2v) is 3.60. The average Bonchev–Trinajstić information content (AvgIpc) is 2.28. The van der Waals surface area contributed by atoms with Crippen molar-refractivity contribution in [1.29, 1.82) is 0 Å². The molecule has 1 rings (SSSR count). The highest BCUT2D eigenvalue weighted by Gasteiger charge is 1.97. The number of unbranched alkanes of at least 4 members (excludes halogenated alkanes) is 1. The second kappa shape index (κ2) is 7.09. The van der Waals surface area contributed by atoms with Crippen molar-refractivity contribution in [3.8, 4) is 11.8 Å². The van der Waals surface area contributed by atoms with Crippen molar-refractivity contribution in [1.82, 2.24) is 0 Å². The monoisotopic (exact) mass is 201 g/mol. The lowest BCUT2D eigenvalue weighted by molar-refractivity contribution is 0.831. The van der Waals surface area contributed by atoms with Gasteiger partial charge in [-0.2, -0.15) is 0 Å².